The molecule has 0 aromatic rings. The number of hydrogen-bond acceptors (Lipinski definition) is 6. The first-order valence-corrected chi connectivity index (χ1v) is 28.0. The molecule has 380 valence electrons. The Balaban J connectivity index is 4.40. The van der Waals surface area contributed by atoms with Crippen LogP contribution in [0.1, 0.15) is 271 Å². The zero-order valence-electron chi connectivity index (χ0n) is 43.4. The first kappa shape index (κ1) is 62.8. The number of hydrogen-bond donors (Lipinski definition) is 0. The maximum atomic E-state index is 12.8. The van der Waals surface area contributed by atoms with E-state index in [1.165, 1.54) is 141 Å². The fourth-order valence-electron chi connectivity index (χ4n) is 7.78. The highest BCUT2D eigenvalue weighted by Crippen LogP contribution is 2.15. The van der Waals surface area contributed by atoms with Crippen LogP contribution >= 0.6 is 0 Å². The first-order valence-electron chi connectivity index (χ1n) is 28.0. The summed E-state index contributed by atoms with van der Waals surface area (Å²) in [5, 5.41) is 0. The second kappa shape index (κ2) is 54.5. The standard InChI is InChI=1S/C60H104O6/c1-4-7-10-13-16-19-22-25-27-29-30-31-33-35-38-41-44-47-50-53-59(62)65-56-57(55-64-58(61)52-49-46-43-40-37-34-24-21-18-15-12-9-6-3)66-60(63)54-51-48-45-42-39-36-32-28-26-23-20-17-14-11-8-5-2/h8,11,16-17,19-20,22,25-26,28,36,39,57H,4-7,9-10,12-15,18,21,23-24,27,29-35,37-38,40-56H2,1-3H3/b11-8-,19-16-,20-17-,25-22-,28-26-,39-36-. The van der Waals surface area contributed by atoms with Crippen molar-refractivity contribution in [1.29, 1.82) is 0 Å². The van der Waals surface area contributed by atoms with E-state index in [1.807, 2.05) is 0 Å². The molecule has 1 atom stereocenters. The van der Waals surface area contributed by atoms with Crippen LogP contribution in [0.25, 0.3) is 0 Å². The van der Waals surface area contributed by atoms with E-state index in [4.69, 9.17) is 14.2 Å². The summed E-state index contributed by atoms with van der Waals surface area (Å²) in [6.07, 6.45) is 68.8. The molecule has 0 spiro atoms. The molecule has 0 saturated heterocycles. The lowest BCUT2D eigenvalue weighted by atomic mass is 10.0. The number of carbonyl (C=O) groups excluding carboxylic acids is 3. The molecule has 0 aliphatic carbocycles. The molecule has 0 amide bonds. The molecular formula is C60H104O6. The van der Waals surface area contributed by atoms with Crippen molar-refractivity contribution in [1.82, 2.24) is 0 Å². The van der Waals surface area contributed by atoms with E-state index in [9.17, 15) is 14.4 Å². The van der Waals surface area contributed by atoms with E-state index >= 15 is 0 Å². The number of esters is 3. The monoisotopic (exact) mass is 921 g/mol. The lowest BCUT2D eigenvalue weighted by Crippen LogP contribution is -2.30. The Morgan fingerprint density at radius 2 is 0.636 bits per heavy atom. The molecule has 66 heavy (non-hydrogen) atoms. The minimum atomic E-state index is -0.792. The molecule has 0 aliphatic rings. The van der Waals surface area contributed by atoms with Crippen LogP contribution in [0.3, 0.4) is 0 Å². The summed E-state index contributed by atoms with van der Waals surface area (Å²) in [7, 11) is 0. The molecule has 0 heterocycles. The van der Waals surface area contributed by atoms with Crippen LogP contribution in [-0.2, 0) is 28.6 Å². The average Bonchev–Trinajstić information content (AvgIpc) is 3.31. The van der Waals surface area contributed by atoms with Gasteiger partial charge in [0.05, 0.1) is 0 Å². The van der Waals surface area contributed by atoms with Gasteiger partial charge >= 0.3 is 17.9 Å². The molecule has 0 aliphatic heterocycles. The summed E-state index contributed by atoms with van der Waals surface area (Å²) in [6, 6.07) is 0. The van der Waals surface area contributed by atoms with E-state index in [2.05, 4.69) is 93.7 Å². The van der Waals surface area contributed by atoms with E-state index in [1.54, 1.807) is 0 Å². The number of rotatable bonds is 50. The quantitative estimate of drug-likeness (QED) is 0.0199. The van der Waals surface area contributed by atoms with E-state index < -0.39 is 6.10 Å². The number of allylic oxidation sites excluding steroid dienone is 12. The predicted molar refractivity (Wildman–Crippen MR) is 284 cm³/mol. The smallest absolute Gasteiger partial charge is 0.306 e. The van der Waals surface area contributed by atoms with Crippen LogP contribution in [0.5, 0.6) is 0 Å². The van der Waals surface area contributed by atoms with Crippen molar-refractivity contribution in [3.05, 3.63) is 72.9 Å². The molecule has 0 bridgehead atoms. The topological polar surface area (TPSA) is 78.9 Å². The summed E-state index contributed by atoms with van der Waals surface area (Å²) >= 11 is 0. The van der Waals surface area contributed by atoms with Crippen molar-refractivity contribution in [2.45, 2.75) is 277 Å². The molecule has 6 heteroatoms. The van der Waals surface area contributed by atoms with E-state index in [0.29, 0.717) is 19.3 Å². The average molecular weight is 921 g/mol. The minimum absolute atomic E-state index is 0.0873. The molecule has 1 unspecified atom stereocenters. The van der Waals surface area contributed by atoms with Gasteiger partial charge in [-0.1, -0.05) is 241 Å². The maximum Gasteiger partial charge on any atom is 0.306 e. The highest BCUT2D eigenvalue weighted by Gasteiger charge is 2.19. The van der Waals surface area contributed by atoms with Crippen molar-refractivity contribution in [2.24, 2.45) is 0 Å². The van der Waals surface area contributed by atoms with Gasteiger partial charge in [-0.2, -0.15) is 0 Å². The number of ether oxygens (including phenoxy) is 3. The van der Waals surface area contributed by atoms with Gasteiger partial charge in [0.25, 0.3) is 0 Å². The Labute approximate surface area is 408 Å². The number of unbranched alkanes of at least 4 members (excludes halogenated alkanes) is 28. The summed E-state index contributed by atoms with van der Waals surface area (Å²) in [4.78, 5) is 38.1. The summed E-state index contributed by atoms with van der Waals surface area (Å²) in [5.41, 5.74) is 0. The third-order valence-electron chi connectivity index (χ3n) is 12.0. The van der Waals surface area contributed by atoms with Gasteiger partial charge in [0.1, 0.15) is 13.2 Å². The molecule has 0 radical (unpaired) electrons. The third-order valence-corrected chi connectivity index (χ3v) is 12.0. The second-order valence-electron chi connectivity index (χ2n) is 18.5. The molecule has 0 N–H and O–H groups in total. The van der Waals surface area contributed by atoms with Gasteiger partial charge in [0.2, 0.25) is 0 Å². The minimum Gasteiger partial charge on any atom is -0.462 e. The molecular weight excluding hydrogens is 817 g/mol. The van der Waals surface area contributed by atoms with Gasteiger partial charge in [-0.25, -0.2) is 0 Å². The lowest BCUT2D eigenvalue weighted by Gasteiger charge is -2.18. The van der Waals surface area contributed by atoms with Crippen molar-refractivity contribution in [2.75, 3.05) is 13.2 Å². The zero-order valence-corrected chi connectivity index (χ0v) is 43.4. The SMILES string of the molecule is CC/C=C\C/C=C\C/C=C\C/C=C\CCCCCC(=O)OC(COC(=O)CCCCCCCCCCCC/C=C\C=C/CCCCC)COC(=O)CCCCCCCCCCCCCCC. The first-order chi connectivity index (χ1) is 32.5. The van der Waals surface area contributed by atoms with Crippen LogP contribution in [0.4, 0.5) is 0 Å². The molecule has 0 rings (SSSR count). The highest BCUT2D eigenvalue weighted by molar-refractivity contribution is 5.71. The second-order valence-corrected chi connectivity index (χ2v) is 18.5. The van der Waals surface area contributed by atoms with Gasteiger partial charge in [-0.15, -0.1) is 0 Å². The van der Waals surface area contributed by atoms with Crippen LogP contribution in [-0.4, -0.2) is 37.2 Å². The summed E-state index contributed by atoms with van der Waals surface area (Å²) in [5.74, 6) is -0.915. The predicted octanol–water partition coefficient (Wildman–Crippen LogP) is 18.6. The van der Waals surface area contributed by atoms with Crippen LogP contribution in [0.2, 0.25) is 0 Å². The van der Waals surface area contributed by atoms with Crippen molar-refractivity contribution >= 4 is 17.9 Å². The Morgan fingerprint density at radius 3 is 1.06 bits per heavy atom. The van der Waals surface area contributed by atoms with Crippen LogP contribution in [0, 0.1) is 0 Å². The molecule has 0 fully saturated rings. The van der Waals surface area contributed by atoms with Crippen molar-refractivity contribution < 1.29 is 28.6 Å². The zero-order chi connectivity index (χ0) is 47.9. The highest BCUT2D eigenvalue weighted by atomic mass is 16.6. The molecule has 6 nitrogen and oxygen atoms in total. The third kappa shape index (κ3) is 51.8. The van der Waals surface area contributed by atoms with E-state index in [0.717, 1.165) is 89.9 Å². The van der Waals surface area contributed by atoms with Gasteiger partial charge in [0, 0.05) is 19.3 Å². The lowest BCUT2D eigenvalue weighted by molar-refractivity contribution is -0.167. The number of carbonyl (C=O) groups is 3. The van der Waals surface area contributed by atoms with Gasteiger partial charge in [-0.05, 0) is 83.5 Å². The summed E-state index contributed by atoms with van der Waals surface area (Å²) in [6.45, 7) is 6.48. The maximum absolute atomic E-state index is 12.8. The van der Waals surface area contributed by atoms with Gasteiger partial charge in [0.15, 0.2) is 6.10 Å². The van der Waals surface area contributed by atoms with Gasteiger partial charge < -0.3 is 14.2 Å². The van der Waals surface area contributed by atoms with Crippen LogP contribution in [0.15, 0.2) is 72.9 Å². The largest absolute Gasteiger partial charge is 0.462 e. The Hall–Kier alpha value is -3.15. The fraction of sp³-hybridized carbons (Fsp3) is 0.750. The van der Waals surface area contributed by atoms with Crippen molar-refractivity contribution in [3.8, 4) is 0 Å². The van der Waals surface area contributed by atoms with Crippen LogP contribution < -0.4 is 0 Å². The molecule has 0 aromatic carbocycles. The fourth-order valence-corrected chi connectivity index (χ4v) is 7.78. The molecule has 0 aromatic heterocycles. The Bertz CT molecular complexity index is 1240. The Kier molecular flexibility index (Phi) is 51.9. The normalized spacial score (nSPS) is 12.6. The Morgan fingerprint density at radius 1 is 0.333 bits per heavy atom. The van der Waals surface area contributed by atoms with E-state index in [-0.39, 0.29) is 31.1 Å². The summed E-state index contributed by atoms with van der Waals surface area (Å²) < 4.78 is 16.8. The van der Waals surface area contributed by atoms with Crippen molar-refractivity contribution in [3.63, 3.8) is 0 Å². The van der Waals surface area contributed by atoms with Gasteiger partial charge in [-0.3, -0.25) is 14.4 Å². The molecule has 0 saturated carbocycles.